The van der Waals surface area contributed by atoms with Gasteiger partial charge in [-0.2, -0.15) is 0 Å². The van der Waals surface area contributed by atoms with Gasteiger partial charge in [-0.15, -0.1) is 0 Å². The highest BCUT2D eigenvalue weighted by atomic mass is 79.9. The molecule has 3 nitrogen and oxygen atoms in total. The summed E-state index contributed by atoms with van der Waals surface area (Å²) in [6.45, 7) is 3.85. The third-order valence-corrected chi connectivity index (χ3v) is 4.64. The van der Waals surface area contributed by atoms with E-state index in [1.807, 2.05) is 6.07 Å². The SMILES string of the molecule is CCC(N)C(c1ccccc1Br)N1CCCC(O)C1. The highest BCUT2D eigenvalue weighted by Crippen LogP contribution is 2.32. The highest BCUT2D eigenvalue weighted by molar-refractivity contribution is 9.10. The van der Waals surface area contributed by atoms with Crippen LogP contribution < -0.4 is 5.73 Å². The zero-order chi connectivity index (χ0) is 13.8. The molecule has 106 valence electrons. The van der Waals surface area contributed by atoms with Crippen LogP contribution in [0.4, 0.5) is 0 Å². The van der Waals surface area contributed by atoms with E-state index >= 15 is 0 Å². The van der Waals surface area contributed by atoms with Crippen LogP contribution in [0.2, 0.25) is 0 Å². The summed E-state index contributed by atoms with van der Waals surface area (Å²) in [4.78, 5) is 2.34. The first-order chi connectivity index (χ1) is 9.13. The third-order valence-electron chi connectivity index (χ3n) is 3.92. The summed E-state index contributed by atoms with van der Waals surface area (Å²) in [5, 5.41) is 9.90. The molecule has 2 rings (SSSR count). The molecular weight excluding hydrogens is 304 g/mol. The molecule has 1 aliphatic heterocycles. The Kier molecular flexibility index (Phi) is 5.39. The van der Waals surface area contributed by atoms with Gasteiger partial charge in [0.1, 0.15) is 0 Å². The van der Waals surface area contributed by atoms with Crippen molar-refractivity contribution in [2.75, 3.05) is 13.1 Å². The van der Waals surface area contributed by atoms with E-state index < -0.39 is 0 Å². The number of aliphatic hydroxyl groups is 1. The molecule has 1 aliphatic rings. The summed E-state index contributed by atoms with van der Waals surface area (Å²) >= 11 is 3.63. The normalized spacial score (nSPS) is 24.1. The smallest absolute Gasteiger partial charge is 0.0667 e. The van der Waals surface area contributed by atoms with E-state index in [0.29, 0.717) is 0 Å². The van der Waals surface area contributed by atoms with Crippen LogP contribution in [-0.4, -0.2) is 35.2 Å². The van der Waals surface area contributed by atoms with Crippen LogP contribution in [-0.2, 0) is 0 Å². The fourth-order valence-corrected chi connectivity index (χ4v) is 3.39. The number of hydrogen-bond donors (Lipinski definition) is 2. The molecule has 1 saturated heterocycles. The van der Waals surface area contributed by atoms with Gasteiger partial charge in [0, 0.05) is 17.1 Å². The van der Waals surface area contributed by atoms with Gasteiger partial charge in [0.2, 0.25) is 0 Å². The fourth-order valence-electron chi connectivity index (χ4n) is 2.87. The molecule has 3 unspecified atom stereocenters. The molecule has 3 N–H and O–H groups in total. The number of β-amino-alcohol motifs (C(OH)–C–C–N with tert-alkyl or cyclic N) is 1. The molecule has 0 aromatic heterocycles. The minimum Gasteiger partial charge on any atom is -0.392 e. The maximum absolute atomic E-state index is 9.90. The molecule has 1 aromatic carbocycles. The van der Waals surface area contributed by atoms with E-state index in [4.69, 9.17) is 5.73 Å². The summed E-state index contributed by atoms with van der Waals surface area (Å²) < 4.78 is 1.10. The van der Waals surface area contributed by atoms with E-state index in [1.54, 1.807) is 0 Å². The minimum atomic E-state index is -0.220. The third kappa shape index (κ3) is 3.57. The number of halogens is 1. The lowest BCUT2D eigenvalue weighted by Crippen LogP contribution is -2.47. The second-order valence-electron chi connectivity index (χ2n) is 5.33. The van der Waals surface area contributed by atoms with Crippen LogP contribution in [0.15, 0.2) is 28.7 Å². The zero-order valence-corrected chi connectivity index (χ0v) is 13.0. The topological polar surface area (TPSA) is 49.5 Å². The molecule has 0 amide bonds. The first kappa shape index (κ1) is 15.0. The predicted octanol–water partition coefficient (Wildman–Crippen LogP) is 2.68. The maximum atomic E-state index is 9.90. The van der Waals surface area contributed by atoms with Gasteiger partial charge in [0.05, 0.1) is 12.1 Å². The standard InChI is InChI=1S/C15H23BrN2O/c1-2-14(17)15(12-7-3-4-8-13(12)16)18-9-5-6-11(19)10-18/h3-4,7-8,11,14-15,19H,2,5-6,9-10,17H2,1H3. The van der Waals surface area contributed by atoms with Crippen LogP contribution in [0.25, 0.3) is 0 Å². The fraction of sp³-hybridized carbons (Fsp3) is 0.600. The largest absolute Gasteiger partial charge is 0.392 e. The number of hydrogen-bond acceptors (Lipinski definition) is 3. The zero-order valence-electron chi connectivity index (χ0n) is 11.4. The van der Waals surface area contributed by atoms with Crippen LogP contribution >= 0.6 is 15.9 Å². The summed E-state index contributed by atoms with van der Waals surface area (Å²) in [6, 6.07) is 8.53. The Labute approximate surface area is 123 Å². The van der Waals surface area contributed by atoms with Gasteiger partial charge in [-0.25, -0.2) is 0 Å². The second-order valence-corrected chi connectivity index (χ2v) is 6.18. The first-order valence-corrected chi connectivity index (χ1v) is 7.85. The van der Waals surface area contributed by atoms with Crippen molar-refractivity contribution in [1.82, 2.24) is 4.90 Å². The summed E-state index contributed by atoms with van der Waals surface area (Å²) in [7, 11) is 0. The van der Waals surface area contributed by atoms with Crippen molar-refractivity contribution in [3.63, 3.8) is 0 Å². The quantitative estimate of drug-likeness (QED) is 0.894. The van der Waals surface area contributed by atoms with Gasteiger partial charge in [0.25, 0.3) is 0 Å². The summed E-state index contributed by atoms with van der Waals surface area (Å²) in [5.41, 5.74) is 7.58. The minimum absolute atomic E-state index is 0.0870. The average Bonchev–Trinajstić information content (AvgIpc) is 2.41. The van der Waals surface area contributed by atoms with Gasteiger partial charge in [-0.05, 0) is 37.4 Å². The second kappa shape index (κ2) is 6.84. The van der Waals surface area contributed by atoms with Gasteiger partial charge in [0.15, 0.2) is 0 Å². The summed E-state index contributed by atoms with van der Waals surface area (Å²) in [5.74, 6) is 0. The Morgan fingerprint density at radius 1 is 1.47 bits per heavy atom. The molecule has 1 fully saturated rings. The number of rotatable bonds is 4. The van der Waals surface area contributed by atoms with E-state index in [9.17, 15) is 5.11 Å². The molecule has 1 heterocycles. The van der Waals surface area contributed by atoms with Crippen molar-refractivity contribution in [3.05, 3.63) is 34.3 Å². The van der Waals surface area contributed by atoms with E-state index in [0.717, 1.165) is 36.8 Å². The van der Waals surface area contributed by atoms with Crippen LogP contribution in [0.3, 0.4) is 0 Å². The Bertz CT molecular complexity index is 413. The number of aliphatic hydroxyl groups excluding tert-OH is 1. The molecule has 3 atom stereocenters. The van der Waals surface area contributed by atoms with Crippen molar-refractivity contribution in [3.8, 4) is 0 Å². The predicted molar refractivity (Wildman–Crippen MR) is 82.0 cm³/mol. The van der Waals surface area contributed by atoms with Crippen LogP contribution in [0.1, 0.15) is 37.8 Å². The van der Waals surface area contributed by atoms with Crippen molar-refractivity contribution in [1.29, 1.82) is 0 Å². The van der Waals surface area contributed by atoms with Crippen molar-refractivity contribution < 1.29 is 5.11 Å². The lowest BCUT2D eigenvalue weighted by Gasteiger charge is -2.40. The van der Waals surface area contributed by atoms with Crippen LogP contribution in [0, 0.1) is 0 Å². The van der Waals surface area contributed by atoms with E-state index in [1.165, 1.54) is 5.56 Å². The van der Waals surface area contributed by atoms with Gasteiger partial charge in [-0.3, -0.25) is 4.90 Å². The number of nitrogens with zero attached hydrogens (tertiary/aromatic N) is 1. The molecule has 0 aliphatic carbocycles. The Balaban J connectivity index is 2.28. The lowest BCUT2D eigenvalue weighted by molar-refractivity contribution is 0.0383. The Morgan fingerprint density at radius 2 is 2.21 bits per heavy atom. The Morgan fingerprint density at radius 3 is 2.84 bits per heavy atom. The monoisotopic (exact) mass is 326 g/mol. The number of likely N-dealkylation sites (tertiary alicyclic amines) is 1. The lowest BCUT2D eigenvalue weighted by atomic mass is 9.94. The molecule has 0 radical (unpaired) electrons. The van der Waals surface area contributed by atoms with Gasteiger partial charge in [-0.1, -0.05) is 41.1 Å². The van der Waals surface area contributed by atoms with Crippen LogP contribution in [0.5, 0.6) is 0 Å². The molecule has 1 aromatic rings. The summed E-state index contributed by atoms with van der Waals surface area (Å²) in [6.07, 6.45) is 2.65. The molecular formula is C15H23BrN2O. The first-order valence-electron chi connectivity index (χ1n) is 7.05. The maximum Gasteiger partial charge on any atom is 0.0667 e. The Hall–Kier alpha value is -0.420. The average molecular weight is 327 g/mol. The molecule has 0 saturated carbocycles. The molecule has 0 spiro atoms. The van der Waals surface area contributed by atoms with Crippen molar-refractivity contribution >= 4 is 15.9 Å². The number of benzene rings is 1. The molecule has 4 heteroatoms. The molecule has 0 bridgehead atoms. The molecule has 19 heavy (non-hydrogen) atoms. The van der Waals surface area contributed by atoms with Gasteiger partial charge >= 0.3 is 0 Å². The number of piperidine rings is 1. The highest BCUT2D eigenvalue weighted by Gasteiger charge is 2.30. The van der Waals surface area contributed by atoms with Crippen molar-refractivity contribution in [2.24, 2.45) is 5.73 Å². The van der Waals surface area contributed by atoms with E-state index in [2.05, 4.69) is 46.0 Å². The van der Waals surface area contributed by atoms with E-state index in [-0.39, 0.29) is 18.2 Å². The van der Waals surface area contributed by atoms with Gasteiger partial charge < -0.3 is 10.8 Å². The van der Waals surface area contributed by atoms with Crippen molar-refractivity contribution in [2.45, 2.75) is 44.4 Å². The number of nitrogens with two attached hydrogens (primary N) is 1.